The molecular weight excluding hydrogens is 182 g/mol. The van der Waals surface area contributed by atoms with Crippen molar-refractivity contribution in [2.75, 3.05) is 5.73 Å². The average Bonchev–Trinajstić information content (AvgIpc) is 2.47. The molecular formula is C9H9N3O2. The van der Waals surface area contributed by atoms with Crippen molar-refractivity contribution >= 4 is 5.82 Å². The zero-order valence-electron chi connectivity index (χ0n) is 7.25. The normalized spacial score (nSPS) is 10.3. The van der Waals surface area contributed by atoms with Gasteiger partial charge in [0.25, 0.3) is 0 Å². The number of anilines is 1. The number of benzene rings is 1. The van der Waals surface area contributed by atoms with E-state index in [9.17, 15) is 5.11 Å². The van der Waals surface area contributed by atoms with Crippen molar-refractivity contribution in [3.63, 3.8) is 0 Å². The second-order valence-corrected chi connectivity index (χ2v) is 2.84. The van der Waals surface area contributed by atoms with Gasteiger partial charge in [-0.2, -0.15) is 0 Å². The Kier molecular flexibility index (Phi) is 1.78. The van der Waals surface area contributed by atoms with Crippen LogP contribution in [0, 0.1) is 0 Å². The monoisotopic (exact) mass is 191 g/mol. The molecule has 0 bridgehead atoms. The second kappa shape index (κ2) is 2.95. The highest BCUT2D eigenvalue weighted by atomic mass is 16.5. The zero-order valence-corrected chi connectivity index (χ0v) is 7.25. The summed E-state index contributed by atoms with van der Waals surface area (Å²) in [6, 6.07) is 8.99. The van der Waals surface area contributed by atoms with Gasteiger partial charge < -0.3 is 16.0 Å². The molecule has 1 aromatic heterocycles. The summed E-state index contributed by atoms with van der Waals surface area (Å²) in [6.45, 7) is 0. The number of rotatable bonds is 1. The SMILES string of the molecule is Nc1c(O)c(-c2ccccc2)nn1O. The fourth-order valence-electron chi connectivity index (χ4n) is 1.20. The van der Waals surface area contributed by atoms with Gasteiger partial charge in [-0.05, 0) is 0 Å². The number of hydrogen-bond donors (Lipinski definition) is 3. The van der Waals surface area contributed by atoms with Crippen LogP contribution in [0.3, 0.4) is 0 Å². The molecule has 0 fully saturated rings. The molecule has 0 amide bonds. The molecule has 2 rings (SSSR count). The van der Waals surface area contributed by atoms with Crippen molar-refractivity contribution in [2.45, 2.75) is 0 Å². The molecule has 2 aromatic rings. The minimum Gasteiger partial charge on any atom is -0.503 e. The summed E-state index contributed by atoms with van der Waals surface area (Å²) in [5.41, 5.74) is 6.31. The van der Waals surface area contributed by atoms with Crippen LogP contribution in [0.2, 0.25) is 0 Å². The molecule has 1 heterocycles. The van der Waals surface area contributed by atoms with Gasteiger partial charge in [0.1, 0.15) is 5.69 Å². The molecule has 0 atom stereocenters. The van der Waals surface area contributed by atoms with E-state index in [1.165, 1.54) is 0 Å². The first-order valence-corrected chi connectivity index (χ1v) is 4.02. The molecule has 5 nitrogen and oxygen atoms in total. The summed E-state index contributed by atoms with van der Waals surface area (Å²) in [4.78, 5) is 0.456. The van der Waals surface area contributed by atoms with Crippen LogP contribution >= 0.6 is 0 Å². The van der Waals surface area contributed by atoms with Crippen LogP contribution in [0.4, 0.5) is 5.82 Å². The van der Waals surface area contributed by atoms with Gasteiger partial charge in [-0.3, -0.25) is 0 Å². The fraction of sp³-hybridized carbons (Fsp3) is 0. The minimum atomic E-state index is -0.210. The lowest BCUT2D eigenvalue weighted by molar-refractivity contribution is 0.155. The lowest BCUT2D eigenvalue weighted by Crippen LogP contribution is -1.98. The maximum absolute atomic E-state index is 9.50. The van der Waals surface area contributed by atoms with E-state index in [1.807, 2.05) is 6.07 Å². The molecule has 0 aliphatic carbocycles. The Hall–Kier alpha value is -2.17. The van der Waals surface area contributed by atoms with Crippen LogP contribution in [0.15, 0.2) is 30.3 Å². The predicted octanol–water partition coefficient (Wildman–Crippen LogP) is 1.08. The summed E-state index contributed by atoms with van der Waals surface area (Å²) < 4.78 is 0. The Morgan fingerprint density at radius 2 is 1.86 bits per heavy atom. The minimum absolute atomic E-state index is 0.163. The Morgan fingerprint density at radius 3 is 2.36 bits per heavy atom. The fourth-order valence-corrected chi connectivity index (χ4v) is 1.20. The van der Waals surface area contributed by atoms with E-state index in [1.54, 1.807) is 24.3 Å². The second-order valence-electron chi connectivity index (χ2n) is 2.84. The molecule has 0 spiro atoms. The standard InChI is InChI=1S/C9H9N3O2/c10-9-8(13)7(11-12(9)14)6-4-2-1-3-5-6/h1-5,13-14H,10H2. The Balaban J connectivity index is 2.58. The summed E-state index contributed by atoms with van der Waals surface area (Å²) in [7, 11) is 0. The van der Waals surface area contributed by atoms with Gasteiger partial charge in [0, 0.05) is 5.56 Å². The third-order valence-electron chi connectivity index (χ3n) is 1.92. The van der Waals surface area contributed by atoms with Crippen LogP contribution in [0.1, 0.15) is 0 Å². The van der Waals surface area contributed by atoms with Crippen molar-refractivity contribution < 1.29 is 10.3 Å². The van der Waals surface area contributed by atoms with Gasteiger partial charge >= 0.3 is 0 Å². The molecule has 5 heteroatoms. The number of nitrogen functional groups attached to an aromatic ring is 1. The molecule has 14 heavy (non-hydrogen) atoms. The number of aromatic hydroxyl groups is 1. The predicted molar refractivity (Wildman–Crippen MR) is 50.9 cm³/mol. The molecule has 72 valence electrons. The number of aromatic nitrogens is 2. The number of hydrogen-bond acceptors (Lipinski definition) is 4. The van der Waals surface area contributed by atoms with Crippen molar-refractivity contribution in [3.8, 4) is 17.0 Å². The van der Waals surface area contributed by atoms with E-state index in [0.29, 0.717) is 10.4 Å². The van der Waals surface area contributed by atoms with Gasteiger partial charge in [0.2, 0.25) is 5.82 Å². The average molecular weight is 191 g/mol. The highest BCUT2D eigenvalue weighted by Gasteiger charge is 2.15. The van der Waals surface area contributed by atoms with E-state index < -0.39 is 0 Å². The van der Waals surface area contributed by atoms with Gasteiger partial charge in [0.15, 0.2) is 5.75 Å². The lowest BCUT2D eigenvalue weighted by atomic mass is 10.1. The summed E-state index contributed by atoms with van der Waals surface area (Å²) in [5.74, 6) is -0.373. The van der Waals surface area contributed by atoms with Crippen LogP contribution < -0.4 is 5.73 Å². The molecule has 0 aliphatic heterocycles. The van der Waals surface area contributed by atoms with E-state index in [0.717, 1.165) is 0 Å². The van der Waals surface area contributed by atoms with Crippen LogP contribution in [-0.4, -0.2) is 20.3 Å². The molecule has 0 saturated heterocycles. The van der Waals surface area contributed by atoms with Crippen molar-refractivity contribution in [1.29, 1.82) is 0 Å². The number of nitrogens with zero attached hydrogens (tertiary/aromatic N) is 2. The lowest BCUT2D eigenvalue weighted by Gasteiger charge is -1.95. The summed E-state index contributed by atoms with van der Waals surface area (Å²) in [6.07, 6.45) is 0. The van der Waals surface area contributed by atoms with E-state index in [4.69, 9.17) is 10.9 Å². The molecule has 1 aromatic carbocycles. The van der Waals surface area contributed by atoms with E-state index >= 15 is 0 Å². The van der Waals surface area contributed by atoms with Crippen molar-refractivity contribution in [1.82, 2.24) is 9.94 Å². The summed E-state index contributed by atoms with van der Waals surface area (Å²) >= 11 is 0. The van der Waals surface area contributed by atoms with Crippen molar-refractivity contribution in [3.05, 3.63) is 30.3 Å². The third kappa shape index (κ3) is 1.15. The number of nitrogens with two attached hydrogens (primary N) is 1. The van der Waals surface area contributed by atoms with Gasteiger partial charge in [-0.1, -0.05) is 35.2 Å². The highest BCUT2D eigenvalue weighted by Crippen LogP contribution is 2.31. The zero-order chi connectivity index (χ0) is 10.1. The molecule has 0 saturated carbocycles. The smallest absolute Gasteiger partial charge is 0.206 e. The molecule has 0 aliphatic rings. The first kappa shape index (κ1) is 8.43. The van der Waals surface area contributed by atoms with E-state index in [2.05, 4.69) is 5.10 Å². The van der Waals surface area contributed by atoms with Crippen molar-refractivity contribution in [2.24, 2.45) is 0 Å². The van der Waals surface area contributed by atoms with Crippen LogP contribution in [0.5, 0.6) is 5.75 Å². The molecule has 4 N–H and O–H groups in total. The largest absolute Gasteiger partial charge is 0.503 e. The maximum atomic E-state index is 9.50. The highest BCUT2D eigenvalue weighted by molar-refractivity contribution is 5.71. The topological polar surface area (TPSA) is 84.3 Å². The summed E-state index contributed by atoms with van der Waals surface area (Å²) in [5, 5.41) is 22.3. The first-order valence-electron chi connectivity index (χ1n) is 4.02. The molecule has 0 radical (unpaired) electrons. The Labute approximate surface area is 80.0 Å². The van der Waals surface area contributed by atoms with Gasteiger partial charge in [0.05, 0.1) is 0 Å². The van der Waals surface area contributed by atoms with E-state index in [-0.39, 0.29) is 17.3 Å². The van der Waals surface area contributed by atoms with Gasteiger partial charge in [-0.25, -0.2) is 0 Å². The van der Waals surface area contributed by atoms with Crippen LogP contribution in [-0.2, 0) is 0 Å². The third-order valence-corrected chi connectivity index (χ3v) is 1.92. The Morgan fingerprint density at radius 1 is 1.21 bits per heavy atom. The van der Waals surface area contributed by atoms with Crippen LogP contribution in [0.25, 0.3) is 11.3 Å². The maximum Gasteiger partial charge on any atom is 0.206 e. The quantitative estimate of drug-likeness (QED) is 0.589. The first-order chi connectivity index (χ1) is 6.70. The van der Waals surface area contributed by atoms with Gasteiger partial charge in [-0.15, -0.1) is 5.10 Å². The Bertz CT molecular complexity index is 451. The molecule has 0 unspecified atom stereocenters.